The molecule has 1 saturated carbocycles. The third-order valence-corrected chi connectivity index (χ3v) is 11.2. The number of amides is 2. The fourth-order valence-electron chi connectivity index (χ4n) is 6.04. The van der Waals surface area contributed by atoms with Gasteiger partial charge in [-0.25, -0.2) is 8.42 Å². The molecule has 1 aliphatic carbocycles. The third kappa shape index (κ3) is 9.46. The monoisotopic (exact) mass is 789 g/mol. The Morgan fingerprint density at radius 3 is 2.14 bits per heavy atom. The molecule has 0 unspecified atom stereocenters. The van der Waals surface area contributed by atoms with Crippen LogP contribution >= 0.6 is 27.5 Å². The maximum Gasteiger partial charge on any atom is 0.416 e. The summed E-state index contributed by atoms with van der Waals surface area (Å²) < 4.78 is 71.4. The number of nitrogens with one attached hydrogen (secondary N) is 1. The molecule has 1 atom stereocenters. The zero-order valence-corrected chi connectivity index (χ0v) is 30.1. The highest BCUT2D eigenvalue weighted by atomic mass is 79.9. The summed E-state index contributed by atoms with van der Waals surface area (Å²) in [4.78, 5) is 29.9. The number of sulfonamides is 1. The first kappa shape index (κ1) is 37.4. The molecule has 2 amide bonds. The van der Waals surface area contributed by atoms with Gasteiger partial charge in [0.15, 0.2) is 0 Å². The number of halogens is 5. The second-order valence-electron chi connectivity index (χ2n) is 12.2. The summed E-state index contributed by atoms with van der Waals surface area (Å²) in [5, 5.41) is 2.82. The summed E-state index contributed by atoms with van der Waals surface area (Å²) in [6.45, 7) is -1.03. The molecule has 0 aliphatic heterocycles. The molecule has 264 valence electrons. The highest BCUT2D eigenvalue weighted by Gasteiger charge is 2.38. The summed E-state index contributed by atoms with van der Waals surface area (Å²) in [7, 11) is -4.65. The van der Waals surface area contributed by atoms with Crippen molar-refractivity contribution >= 4 is 55.1 Å². The van der Waals surface area contributed by atoms with Crippen LogP contribution < -0.4 is 9.62 Å². The van der Waals surface area contributed by atoms with Gasteiger partial charge in [0.05, 0.1) is 21.2 Å². The zero-order valence-electron chi connectivity index (χ0n) is 27.0. The topological polar surface area (TPSA) is 86.8 Å². The normalized spacial score (nSPS) is 14.5. The Hall–Kier alpha value is -3.87. The standard InChI is InChI=1S/C37H36BrClF3N3O4S/c38-29-14-10-13-27(21-29)24-44(34(22-26-11-4-1-5-12-26)36(47)43-30-15-6-2-7-16-30)35(46)25-45(50(48,49)31-17-8-3-9-18-31)33-23-28(37(40,41)42)19-20-32(33)39/h1,3-5,8-14,17-21,23,30,34H,2,6-7,15-16,22,24-25H2,(H,43,47)/t34-/m1/s1. The smallest absolute Gasteiger partial charge is 0.352 e. The molecule has 0 heterocycles. The molecule has 13 heteroatoms. The lowest BCUT2D eigenvalue weighted by Crippen LogP contribution is -2.55. The van der Waals surface area contributed by atoms with Crippen LogP contribution in [0.1, 0.15) is 48.8 Å². The van der Waals surface area contributed by atoms with E-state index >= 15 is 0 Å². The molecule has 1 fully saturated rings. The fourth-order valence-corrected chi connectivity index (χ4v) is 8.21. The number of rotatable bonds is 12. The number of benzene rings is 4. The Balaban J connectivity index is 1.61. The summed E-state index contributed by atoms with van der Waals surface area (Å²) in [5.41, 5.74) is -0.256. The van der Waals surface area contributed by atoms with E-state index in [0.717, 1.165) is 54.3 Å². The molecule has 0 spiro atoms. The number of hydrogen-bond donors (Lipinski definition) is 1. The summed E-state index contributed by atoms with van der Waals surface area (Å²) in [6, 6.07) is 24.4. The second kappa shape index (κ2) is 16.4. The molecule has 0 radical (unpaired) electrons. The first-order chi connectivity index (χ1) is 23.8. The molecule has 0 aromatic heterocycles. The van der Waals surface area contributed by atoms with Crippen molar-refractivity contribution in [2.24, 2.45) is 0 Å². The van der Waals surface area contributed by atoms with E-state index in [2.05, 4.69) is 21.2 Å². The Kier molecular flexibility index (Phi) is 12.3. The van der Waals surface area contributed by atoms with Gasteiger partial charge in [0.1, 0.15) is 12.6 Å². The first-order valence-corrected chi connectivity index (χ1v) is 18.8. The fraction of sp³-hybridized carbons (Fsp3) is 0.297. The van der Waals surface area contributed by atoms with Crippen molar-refractivity contribution in [2.75, 3.05) is 10.8 Å². The van der Waals surface area contributed by atoms with E-state index in [1.165, 1.54) is 29.2 Å². The maximum absolute atomic E-state index is 14.7. The lowest BCUT2D eigenvalue weighted by Gasteiger charge is -2.35. The van der Waals surface area contributed by atoms with Gasteiger partial charge in [-0.05, 0) is 66.4 Å². The van der Waals surface area contributed by atoms with Crippen LogP contribution in [-0.4, -0.2) is 43.8 Å². The molecular formula is C37H36BrClF3N3O4S. The van der Waals surface area contributed by atoms with Crippen molar-refractivity contribution in [3.63, 3.8) is 0 Å². The molecule has 7 nitrogen and oxygen atoms in total. The Labute approximate surface area is 303 Å². The minimum Gasteiger partial charge on any atom is -0.352 e. The van der Waals surface area contributed by atoms with Gasteiger partial charge in [-0.3, -0.25) is 13.9 Å². The molecule has 0 bridgehead atoms. The van der Waals surface area contributed by atoms with Crippen LogP contribution in [0.4, 0.5) is 18.9 Å². The quantitative estimate of drug-likeness (QED) is 0.156. The molecule has 4 aromatic rings. The molecular weight excluding hydrogens is 755 g/mol. The summed E-state index contributed by atoms with van der Waals surface area (Å²) in [5.74, 6) is -1.21. The van der Waals surface area contributed by atoms with E-state index in [4.69, 9.17) is 11.6 Å². The summed E-state index contributed by atoms with van der Waals surface area (Å²) >= 11 is 9.86. The van der Waals surface area contributed by atoms with Crippen molar-refractivity contribution in [1.82, 2.24) is 10.2 Å². The molecule has 4 aromatic carbocycles. The van der Waals surface area contributed by atoms with Crippen LogP contribution in [0.5, 0.6) is 0 Å². The largest absolute Gasteiger partial charge is 0.416 e. The van der Waals surface area contributed by atoms with Gasteiger partial charge in [0.2, 0.25) is 11.8 Å². The lowest BCUT2D eigenvalue weighted by molar-refractivity contribution is -0.140. The van der Waals surface area contributed by atoms with E-state index in [9.17, 15) is 31.2 Å². The highest BCUT2D eigenvalue weighted by Crippen LogP contribution is 2.37. The van der Waals surface area contributed by atoms with Crippen molar-refractivity contribution in [2.45, 2.75) is 68.2 Å². The first-order valence-electron chi connectivity index (χ1n) is 16.2. The van der Waals surface area contributed by atoms with Crippen molar-refractivity contribution in [3.8, 4) is 0 Å². The van der Waals surface area contributed by atoms with Crippen LogP contribution in [0.2, 0.25) is 5.02 Å². The van der Waals surface area contributed by atoms with Crippen LogP contribution in [0, 0.1) is 0 Å². The van der Waals surface area contributed by atoms with Crippen LogP contribution in [-0.2, 0) is 38.8 Å². The number of carbonyl (C=O) groups excluding carboxylic acids is 2. The predicted molar refractivity (Wildman–Crippen MR) is 191 cm³/mol. The lowest BCUT2D eigenvalue weighted by atomic mass is 9.94. The number of hydrogen-bond acceptors (Lipinski definition) is 4. The van der Waals surface area contributed by atoms with Crippen molar-refractivity contribution < 1.29 is 31.2 Å². The minimum atomic E-state index is -4.82. The molecule has 1 aliphatic rings. The van der Waals surface area contributed by atoms with E-state index in [-0.39, 0.29) is 28.9 Å². The van der Waals surface area contributed by atoms with Gasteiger partial charge in [-0.15, -0.1) is 0 Å². The molecule has 0 saturated heterocycles. The Morgan fingerprint density at radius 1 is 0.860 bits per heavy atom. The summed E-state index contributed by atoms with van der Waals surface area (Å²) in [6.07, 6.45) is -0.151. The average molecular weight is 791 g/mol. The van der Waals surface area contributed by atoms with E-state index in [1.807, 2.05) is 30.3 Å². The van der Waals surface area contributed by atoms with E-state index in [1.54, 1.807) is 30.3 Å². The maximum atomic E-state index is 14.7. The number of anilines is 1. The average Bonchev–Trinajstić information content (AvgIpc) is 3.09. The van der Waals surface area contributed by atoms with Gasteiger partial charge >= 0.3 is 6.18 Å². The number of alkyl halides is 3. The van der Waals surface area contributed by atoms with Gasteiger partial charge in [0.25, 0.3) is 10.0 Å². The van der Waals surface area contributed by atoms with Crippen LogP contribution in [0.15, 0.2) is 112 Å². The van der Waals surface area contributed by atoms with Gasteiger partial charge in [-0.2, -0.15) is 13.2 Å². The SMILES string of the molecule is O=C(NC1CCCCC1)[C@@H](Cc1ccccc1)N(Cc1cccc(Br)c1)C(=O)CN(c1cc(C(F)(F)F)ccc1Cl)S(=O)(=O)c1ccccc1. The van der Waals surface area contributed by atoms with Crippen LogP contribution in [0.3, 0.4) is 0 Å². The van der Waals surface area contributed by atoms with Crippen molar-refractivity contribution in [3.05, 3.63) is 129 Å². The number of carbonyl (C=O) groups is 2. The van der Waals surface area contributed by atoms with Gasteiger partial charge in [0, 0.05) is 23.5 Å². The molecule has 50 heavy (non-hydrogen) atoms. The minimum absolute atomic E-state index is 0.0868. The molecule has 1 N–H and O–H groups in total. The Bertz CT molecular complexity index is 1890. The van der Waals surface area contributed by atoms with E-state index in [0.29, 0.717) is 15.9 Å². The molecule has 5 rings (SSSR count). The van der Waals surface area contributed by atoms with Crippen LogP contribution in [0.25, 0.3) is 0 Å². The van der Waals surface area contributed by atoms with Crippen molar-refractivity contribution in [1.29, 1.82) is 0 Å². The van der Waals surface area contributed by atoms with E-state index < -0.39 is 51.9 Å². The van der Waals surface area contributed by atoms with Gasteiger partial charge < -0.3 is 10.2 Å². The predicted octanol–water partition coefficient (Wildman–Crippen LogP) is 8.41. The highest BCUT2D eigenvalue weighted by molar-refractivity contribution is 9.10. The number of nitrogens with zero attached hydrogens (tertiary/aromatic N) is 2. The third-order valence-electron chi connectivity index (χ3n) is 8.62. The second-order valence-corrected chi connectivity index (χ2v) is 15.4. The zero-order chi connectivity index (χ0) is 35.9. The van der Waals surface area contributed by atoms with Gasteiger partial charge in [-0.1, -0.05) is 107 Å². The Morgan fingerprint density at radius 2 is 1.50 bits per heavy atom.